The van der Waals surface area contributed by atoms with Gasteiger partial charge in [0.2, 0.25) is 5.91 Å². The molecule has 1 aromatic heterocycles. The minimum Gasteiger partial charge on any atom is -0.490 e. The summed E-state index contributed by atoms with van der Waals surface area (Å²) in [7, 11) is 0. The smallest absolute Gasteiger partial charge is 0.229 e. The summed E-state index contributed by atoms with van der Waals surface area (Å²) in [6, 6.07) is 19.2. The lowest BCUT2D eigenvalue weighted by atomic mass is 9.67. The van der Waals surface area contributed by atoms with E-state index in [0.29, 0.717) is 35.2 Å². The quantitative estimate of drug-likeness (QED) is 0.268. The van der Waals surface area contributed by atoms with Gasteiger partial charge in [-0.1, -0.05) is 67.4 Å². The summed E-state index contributed by atoms with van der Waals surface area (Å²) in [5.74, 6) is 0.825. The second kappa shape index (κ2) is 11.5. The average molecular weight is 524 g/mol. The Morgan fingerprint density at radius 2 is 1.92 bits per heavy atom. The Morgan fingerprint density at radius 1 is 1.14 bits per heavy atom. The number of pyridine rings is 1. The van der Waals surface area contributed by atoms with Crippen molar-refractivity contribution in [3.8, 4) is 5.75 Å². The van der Waals surface area contributed by atoms with Gasteiger partial charge in [-0.05, 0) is 66.8 Å². The zero-order valence-electron chi connectivity index (χ0n) is 20.7. The average Bonchev–Trinajstić information content (AvgIpc) is 2.88. The van der Waals surface area contributed by atoms with Gasteiger partial charge in [0.05, 0.1) is 23.7 Å². The molecule has 0 saturated carbocycles. The Bertz CT molecular complexity index is 1190. The molecular weight excluding hydrogens is 491 g/mol. The molecule has 1 unspecified atom stereocenters. The summed E-state index contributed by atoms with van der Waals surface area (Å²) in [5.41, 5.74) is 1.55. The number of ether oxygens (including phenoxy) is 1. The summed E-state index contributed by atoms with van der Waals surface area (Å²) in [6.07, 6.45) is 7.26. The highest BCUT2D eigenvalue weighted by molar-refractivity contribution is 6.30. The third-order valence-electron chi connectivity index (χ3n) is 7.13. The van der Waals surface area contributed by atoms with Crippen molar-refractivity contribution in [2.45, 2.75) is 51.1 Å². The Morgan fingerprint density at radius 3 is 2.56 bits per heavy atom. The van der Waals surface area contributed by atoms with E-state index in [-0.39, 0.29) is 23.9 Å². The molecule has 6 heteroatoms. The molecule has 0 bridgehead atoms. The molecule has 2 heterocycles. The molecule has 36 heavy (non-hydrogen) atoms. The fourth-order valence-corrected chi connectivity index (χ4v) is 5.63. The first-order valence-electron chi connectivity index (χ1n) is 12.3. The zero-order chi connectivity index (χ0) is 25.7. The van der Waals surface area contributed by atoms with Gasteiger partial charge in [-0.3, -0.25) is 9.78 Å². The number of amides is 1. The molecule has 0 spiro atoms. The van der Waals surface area contributed by atoms with E-state index in [4.69, 9.17) is 27.9 Å². The minimum atomic E-state index is -0.598. The standard InChI is InChI=1S/C30H32Cl2N2O2/c1-4-15-30(3)18-27(22-8-6-9-24(32)17-22)28(21-11-13-23(31)14-12-21)34(29(30)35)25(5-2)20-36-26-10-7-16-33-19-26/h4,6-14,16-17,19,25,27-28H,1,5,15,18,20H2,2-3H3/t25?,27-,28-,30-/m1/s1. The Hall–Kier alpha value is -2.82. The highest BCUT2D eigenvalue weighted by Crippen LogP contribution is 2.52. The van der Waals surface area contributed by atoms with Crippen molar-refractivity contribution in [2.75, 3.05) is 6.61 Å². The molecule has 1 aliphatic heterocycles. The maximum absolute atomic E-state index is 14.3. The van der Waals surface area contributed by atoms with Crippen LogP contribution in [0.4, 0.5) is 0 Å². The number of carbonyl (C=O) groups excluding carboxylic acids is 1. The van der Waals surface area contributed by atoms with Gasteiger partial charge in [-0.25, -0.2) is 0 Å². The third kappa shape index (κ3) is 5.61. The van der Waals surface area contributed by atoms with E-state index in [2.05, 4.69) is 29.5 Å². The molecule has 1 aliphatic rings. The van der Waals surface area contributed by atoms with Crippen LogP contribution in [0.2, 0.25) is 10.0 Å². The molecule has 4 atom stereocenters. The number of nitrogens with zero attached hydrogens (tertiary/aromatic N) is 2. The van der Waals surface area contributed by atoms with Gasteiger partial charge in [0.15, 0.2) is 0 Å². The number of aromatic nitrogens is 1. The molecule has 3 aromatic rings. The van der Waals surface area contributed by atoms with Crippen molar-refractivity contribution in [2.24, 2.45) is 5.41 Å². The van der Waals surface area contributed by atoms with Crippen molar-refractivity contribution in [1.29, 1.82) is 0 Å². The molecule has 188 valence electrons. The van der Waals surface area contributed by atoms with E-state index < -0.39 is 5.41 Å². The number of hydrogen-bond acceptors (Lipinski definition) is 3. The highest BCUT2D eigenvalue weighted by atomic mass is 35.5. The van der Waals surface area contributed by atoms with Gasteiger partial charge >= 0.3 is 0 Å². The summed E-state index contributed by atoms with van der Waals surface area (Å²) in [5, 5.41) is 1.35. The molecule has 0 aliphatic carbocycles. The van der Waals surface area contributed by atoms with Crippen LogP contribution in [0, 0.1) is 5.41 Å². The van der Waals surface area contributed by atoms with E-state index in [1.54, 1.807) is 12.4 Å². The molecule has 1 fully saturated rings. The van der Waals surface area contributed by atoms with Crippen molar-refractivity contribution >= 4 is 29.1 Å². The van der Waals surface area contributed by atoms with E-state index in [1.165, 1.54) is 0 Å². The van der Waals surface area contributed by atoms with Crippen LogP contribution in [0.3, 0.4) is 0 Å². The van der Waals surface area contributed by atoms with Crippen LogP contribution in [0.15, 0.2) is 85.7 Å². The van der Waals surface area contributed by atoms with Crippen LogP contribution in [0.25, 0.3) is 0 Å². The lowest BCUT2D eigenvalue weighted by molar-refractivity contribution is -0.155. The normalized spacial score (nSPS) is 22.8. The van der Waals surface area contributed by atoms with Crippen LogP contribution in [-0.2, 0) is 4.79 Å². The van der Waals surface area contributed by atoms with Crippen molar-refractivity contribution < 1.29 is 9.53 Å². The fraction of sp³-hybridized carbons (Fsp3) is 0.333. The van der Waals surface area contributed by atoms with Gasteiger partial charge in [0, 0.05) is 22.2 Å². The molecule has 4 rings (SSSR count). The largest absolute Gasteiger partial charge is 0.490 e. The predicted octanol–water partition coefficient (Wildman–Crippen LogP) is 7.89. The number of benzene rings is 2. The van der Waals surface area contributed by atoms with E-state index >= 15 is 0 Å². The van der Waals surface area contributed by atoms with Crippen molar-refractivity contribution in [3.05, 3.63) is 107 Å². The van der Waals surface area contributed by atoms with E-state index in [1.807, 2.05) is 67.6 Å². The minimum absolute atomic E-state index is 0.0277. The van der Waals surface area contributed by atoms with E-state index in [0.717, 1.165) is 17.5 Å². The van der Waals surface area contributed by atoms with Gasteiger partial charge < -0.3 is 9.64 Å². The Labute approximate surface area is 223 Å². The topological polar surface area (TPSA) is 42.4 Å². The molecule has 2 aromatic carbocycles. The summed E-state index contributed by atoms with van der Waals surface area (Å²) in [6.45, 7) is 8.47. The van der Waals surface area contributed by atoms with Crippen LogP contribution in [0.1, 0.15) is 56.2 Å². The SMILES string of the molecule is C=CC[C@]1(C)C[C@H](c2cccc(Cl)c2)[C@@H](c2ccc(Cl)cc2)N(C(CC)COc2cccnc2)C1=O. The molecule has 1 saturated heterocycles. The monoisotopic (exact) mass is 522 g/mol. The molecular formula is C30H32Cl2N2O2. The number of hydrogen-bond donors (Lipinski definition) is 0. The first kappa shape index (κ1) is 26.2. The summed E-state index contributed by atoms with van der Waals surface area (Å²) < 4.78 is 6.13. The second-order valence-electron chi connectivity index (χ2n) is 9.69. The van der Waals surface area contributed by atoms with Gasteiger partial charge in [-0.2, -0.15) is 0 Å². The summed E-state index contributed by atoms with van der Waals surface area (Å²) >= 11 is 12.7. The number of halogens is 2. The van der Waals surface area contributed by atoms with Crippen LogP contribution in [0.5, 0.6) is 5.75 Å². The van der Waals surface area contributed by atoms with E-state index in [9.17, 15) is 4.79 Å². The number of piperidine rings is 1. The number of likely N-dealkylation sites (tertiary alicyclic amines) is 1. The Kier molecular flexibility index (Phi) is 8.38. The third-order valence-corrected chi connectivity index (χ3v) is 7.61. The second-order valence-corrected chi connectivity index (χ2v) is 10.6. The lowest BCUT2D eigenvalue weighted by Crippen LogP contribution is -2.56. The van der Waals surface area contributed by atoms with Crippen LogP contribution in [-0.4, -0.2) is 28.4 Å². The number of carbonyl (C=O) groups is 1. The predicted molar refractivity (Wildman–Crippen MR) is 147 cm³/mol. The molecule has 1 amide bonds. The van der Waals surface area contributed by atoms with Crippen LogP contribution < -0.4 is 4.74 Å². The number of allylic oxidation sites excluding steroid dienone is 1. The molecule has 0 N–H and O–H groups in total. The van der Waals surface area contributed by atoms with Gasteiger partial charge in [0.1, 0.15) is 12.4 Å². The van der Waals surface area contributed by atoms with Crippen molar-refractivity contribution in [3.63, 3.8) is 0 Å². The number of rotatable bonds is 9. The van der Waals surface area contributed by atoms with Gasteiger partial charge in [0.25, 0.3) is 0 Å². The fourth-order valence-electron chi connectivity index (χ4n) is 5.31. The molecule has 0 radical (unpaired) electrons. The first-order valence-corrected chi connectivity index (χ1v) is 13.1. The first-order chi connectivity index (χ1) is 17.4. The highest BCUT2D eigenvalue weighted by Gasteiger charge is 2.51. The maximum Gasteiger partial charge on any atom is 0.229 e. The maximum atomic E-state index is 14.3. The summed E-state index contributed by atoms with van der Waals surface area (Å²) in [4.78, 5) is 20.5. The molecule has 4 nitrogen and oxygen atoms in total. The van der Waals surface area contributed by atoms with Crippen LogP contribution >= 0.6 is 23.2 Å². The van der Waals surface area contributed by atoms with Gasteiger partial charge in [-0.15, -0.1) is 6.58 Å². The van der Waals surface area contributed by atoms with Crippen molar-refractivity contribution in [1.82, 2.24) is 9.88 Å². The Balaban J connectivity index is 1.82. The zero-order valence-corrected chi connectivity index (χ0v) is 22.3. The lowest BCUT2D eigenvalue weighted by Gasteiger charge is -2.52.